The Hall–Kier alpha value is -1.16. The molecule has 0 aliphatic heterocycles. The monoisotopic (exact) mass is 284 g/mol. The number of aliphatic carboxylic acids is 1. The molecule has 0 heterocycles. The van der Waals surface area contributed by atoms with Crippen LogP contribution in [0.25, 0.3) is 0 Å². The van der Waals surface area contributed by atoms with E-state index in [0.717, 1.165) is 12.0 Å². The Morgan fingerprint density at radius 2 is 1.88 bits per heavy atom. The van der Waals surface area contributed by atoms with Crippen LogP contribution in [-0.4, -0.2) is 21.7 Å². The third-order valence-electron chi connectivity index (χ3n) is 2.29. The predicted octanol–water partition coefficient (Wildman–Crippen LogP) is 2.67. The number of benzene rings is 1. The summed E-state index contributed by atoms with van der Waals surface area (Å²) in [6.07, 6.45) is 0.718. The minimum Gasteiger partial charge on any atom is -0.481 e. The van der Waals surface area contributed by atoms with Gasteiger partial charge >= 0.3 is 5.97 Å². The molecule has 1 N–H and O–H groups in total. The molecule has 0 aliphatic rings. The highest BCUT2D eigenvalue weighted by atomic mass is 79.9. The molecule has 0 saturated carbocycles. The molecule has 1 aromatic rings. The SMILES string of the molecule is CCc1ccc(C(=O)C(Br)CC(=O)O)cc1. The maximum absolute atomic E-state index is 11.8. The fraction of sp³-hybridized carbons (Fsp3) is 0.333. The molecule has 3 nitrogen and oxygen atoms in total. The van der Waals surface area contributed by atoms with E-state index >= 15 is 0 Å². The van der Waals surface area contributed by atoms with Gasteiger partial charge < -0.3 is 5.11 Å². The predicted molar refractivity (Wildman–Crippen MR) is 65.1 cm³/mol. The quantitative estimate of drug-likeness (QED) is 0.668. The lowest BCUT2D eigenvalue weighted by atomic mass is 10.0. The Morgan fingerprint density at radius 1 is 1.31 bits per heavy atom. The van der Waals surface area contributed by atoms with Crippen molar-refractivity contribution in [2.45, 2.75) is 24.6 Å². The van der Waals surface area contributed by atoms with E-state index in [-0.39, 0.29) is 12.2 Å². The molecule has 1 unspecified atom stereocenters. The van der Waals surface area contributed by atoms with E-state index in [0.29, 0.717) is 5.56 Å². The van der Waals surface area contributed by atoms with Crippen molar-refractivity contribution in [3.63, 3.8) is 0 Å². The second-order valence-corrected chi connectivity index (χ2v) is 4.59. The summed E-state index contributed by atoms with van der Waals surface area (Å²) in [7, 11) is 0. The lowest BCUT2D eigenvalue weighted by Crippen LogP contribution is -2.18. The normalized spacial score (nSPS) is 12.1. The smallest absolute Gasteiger partial charge is 0.304 e. The third-order valence-corrected chi connectivity index (χ3v) is 3.02. The summed E-state index contributed by atoms with van der Waals surface area (Å²) in [5.41, 5.74) is 1.70. The van der Waals surface area contributed by atoms with Crippen molar-refractivity contribution in [3.05, 3.63) is 35.4 Å². The van der Waals surface area contributed by atoms with Crippen molar-refractivity contribution in [2.75, 3.05) is 0 Å². The molecule has 0 fully saturated rings. The fourth-order valence-electron chi connectivity index (χ4n) is 1.33. The molecule has 0 aromatic heterocycles. The average Bonchev–Trinajstić information content (AvgIpc) is 2.27. The standard InChI is InChI=1S/C12H13BrO3/c1-2-8-3-5-9(6-4-8)12(16)10(13)7-11(14)15/h3-6,10H,2,7H2,1H3,(H,14,15). The maximum atomic E-state index is 11.8. The first kappa shape index (κ1) is 12.9. The van der Waals surface area contributed by atoms with E-state index < -0.39 is 10.8 Å². The number of halogens is 1. The van der Waals surface area contributed by atoms with Gasteiger partial charge in [0.1, 0.15) is 0 Å². The van der Waals surface area contributed by atoms with Gasteiger partial charge in [0.2, 0.25) is 0 Å². The van der Waals surface area contributed by atoms with Gasteiger partial charge in [-0.25, -0.2) is 0 Å². The van der Waals surface area contributed by atoms with Gasteiger partial charge in [-0.15, -0.1) is 0 Å². The second kappa shape index (κ2) is 5.80. The van der Waals surface area contributed by atoms with Gasteiger partial charge in [0.25, 0.3) is 0 Å². The van der Waals surface area contributed by atoms with Gasteiger partial charge in [-0.05, 0) is 12.0 Å². The van der Waals surface area contributed by atoms with Crippen molar-refractivity contribution in [3.8, 4) is 0 Å². The van der Waals surface area contributed by atoms with E-state index in [9.17, 15) is 9.59 Å². The zero-order chi connectivity index (χ0) is 12.1. The molecule has 16 heavy (non-hydrogen) atoms. The van der Waals surface area contributed by atoms with E-state index in [1.165, 1.54) is 0 Å². The molecule has 0 aliphatic carbocycles. The summed E-state index contributed by atoms with van der Waals surface area (Å²) < 4.78 is 0. The van der Waals surface area contributed by atoms with Crippen molar-refractivity contribution in [1.82, 2.24) is 0 Å². The van der Waals surface area contributed by atoms with Crippen molar-refractivity contribution < 1.29 is 14.7 Å². The first-order valence-electron chi connectivity index (χ1n) is 5.03. The molecule has 4 heteroatoms. The lowest BCUT2D eigenvalue weighted by molar-refractivity contribution is -0.136. The number of alkyl halides is 1. The molecule has 0 spiro atoms. The lowest BCUT2D eigenvalue weighted by Gasteiger charge is -2.06. The van der Waals surface area contributed by atoms with Crippen molar-refractivity contribution in [1.29, 1.82) is 0 Å². The first-order chi connectivity index (χ1) is 7.54. The Bertz CT molecular complexity index is 384. The molecule has 0 amide bonds. The molecular weight excluding hydrogens is 272 g/mol. The highest BCUT2D eigenvalue weighted by Gasteiger charge is 2.19. The average molecular weight is 285 g/mol. The summed E-state index contributed by atoms with van der Waals surface area (Å²) >= 11 is 3.09. The van der Waals surface area contributed by atoms with Gasteiger partial charge in [0.15, 0.2) is 5.78 Å². The van der Waals surface area contributed by atoms with Crippen LogP contribution in [0.15, 0.2) is 24.3 Å². The van der Waals surface area contributed by atoms with Gasteiger partial charge in [0.05, 0.1) is 11.2 Å². The van der Waals surface area contributed by atoms with Crippen LogP contribution in [0, 0.1) is 0 Å². The number of carbonyl (C=O) groups excluding carboxylic acids is 1. The van der Waals surface area contributed by atoms with Crippen molar-refractivity contribution in [2.24, 2.45) is 0 Å². The van der Waals surface area contributed by atoms with E-state index in [2.05, 4.69) is 15.9 Å². The molecule has 0 saturated heterocycles. The largest absolute Gasteiger partial charge is 0.481 e. The van der Waals surface area contributed by atoms with Crippen LogP contribution in [0.4, 0.5) is 0 Å². The number of carboxylic acid groups (broad SMARTS) is 1. The van der Waals surface area contributed by atoms with Crippen LogP contribution >= 0.6 is 15.9 Å². The first-order valence-corrected chi connectivity index (χ1v) is 5.95. The van der Waals surface area contributed by atoms with Crippen LogP contribution in [0.3, 0.4) is 0 Å². The summed E-state index contributed by atoms with van der Waals surface area (Å²) in [6.45, 7) is 2.04. The number of hydrogen-bond donors (Lipinski definition) is 1. The number of carbonyl (C=O) groups is 2. The summed E-state index contributed by atoms with van der Waals surface area (Å²) in [5, 5.41) is 8.58. The number of rotatable bonds is 5. The Labute approximate surface area is 103 Å². The minimum atomic E-state index is -0.986. The van der Waals surface area contributed by atoms with Crippen LogP contribution in [-0.2, 0) is 11.2 Å². The van der Waals surface area contributed by atoms with Gasteiger partial charge in [-0.3, -0.25) is 9.59 Å². The Balaban J connectivity index is 2.75. The number of aryl methyl sites for hydroxylation is 1. The Kier molecular flexibility index (Phi) is 4.68. The topological polar surface area (TPSA) is 54.4 Å². The molecule has 0 radical (unpaired) electrons. The van der Waals surface area contributed by atoms with Crippen LogP contribution in [0.2, 0.25) is 0 Å². The molecule has 1 rings (SSSR count). The fourth-order valence-corrected chi connectivity index (χ4v) is 1.87. The molecule has 86 valence electrons. The van der Waals surface area contributed by atoms with E-state index in [4.69, 9.17) is 5.11 Å². The van der Waals surface area contributed by atoms with Gasteiger partial charge in [0, 0.05) is 5.56 Å². The zero-order valence-electron chi connectivity index (χ0n) is 8.94. The number of hydrogen-bond acceptors (Lipinski definition) is 2. The Morgan fingerprint density at radius 3 is 2.31 bits per heavy atom. The number of carboxylic acids is 1. The summed E-state index contributed by atoms with van der Waals surface area (Å²) in [5.74, 6) is -1.18. The maximum Gasteiger partial charge on any atom is 0.304 e. The van der Waals surface area contributed by atoms with Crippen LogP contribution in [0.5, 0.6) is 0 Å². The van der Waals surface area contributed by atoms with E-state index in [1.807, 2.05) is 19.1 Å². The highest BCUT2D eigenvalue weighted by Crippen LogP contribution is 2.14. The third kappa shape index (κ3) is 3.45. The second-order valence-electron chi connectivity index (χ2n) is 3.48. The van der Waals surface area contributed by atoms with Crippen LogP contribution in [0.1, 0.15) is 29.3 Å². The number of Topliss-reactive ketones (excluding diaryl/α,β-unsaturated/α-hetero) is 1. The number of ketones is 1. The van der Waals surface area contributed by atoms with Gasteiger partial charge in [-0.2, -0.15) is 0 Å². The molecule has 1 aromatic carbocycles. The van der Waals surface area contributed by atoms with Crippen molar-refractivity contribution >= 4 is 27.7 Å². The van der Waals surface area contributed by atoms with Crippen LogP contribution < -0.4 is 0 Å². The molecule has 1 atom stereocenters. The highest BCUT2D eigenvalue weighted by molar-refractivity contribution is 9.10. The van der Waals surface area contributed by atoms with E-state index in [1.54, 1.807) is 12.1 Å². The summed E-state index contributed by atoms with van der Waals surface area (Å²) in [6, 6.07) is 7.23. The van der Waals surface area contributed by atoms with Gasteiger partial charge in [-0.1, -0.05) is 47.1 Å². The zero-order valence-corrected chi connectivity index (χ0v) is 10.5. The molecule has 0 bridgehead atoms. The minimum absolute atomic E-state index is 0.190. The molecular formula is C12H13BrO3. The summed E-state index contributed by atoms with van der Waals surface area (Å²) in [4.78, 5) is 21.6.